The first kappa shape index (κ1) is 10.6. The minimum absolute atomic E-state index is 0.154. The van der Waals surface area contributed by atoms with Gasteiger partial charge in [-0.05, 0) is 48.9 Å². The smallest absolute Gasteiger partial charge is 0.123 e. The van der Waals surface area contributed by atoms with Gasteiger partial charge in [-0.15, -0.1) is 0 Å². The average molecular weight is 207 g/mol. The lowest BCUT2D eigenvalue weighted by atomic mass is 9.75. The quantitative estimate of drug-likeness (QED) is 0.792. The number of halogens is 1. The van der Waals surface area contributed by atoms with Crippen LogP contribution in [0.1, 0.15) is 37.2 Å². The molecule has 0 spiro atoms. The summed E-state index contributed by atoms with van der Waals surface area (Å²) in [5.41, 5.74) is 7.04. The zero-order valence-electron chi connectivity index (χ0n) is 8.95. The Balaban J connectivity index is 2.16. The Hall–Kier alpha value is -0.890. The van der Waals surface area contributed by atoms with Crippen LogP contribution in [-0.4, -0.2) is 6.54 Å². The summed E-state index contributed by atoms with van der Waals surface area (Å²) in [6.07, 6.45) is 4.99. The molecule has 0 aromatic heterocycles. The Kier molecular flexibility index (Phi) is 3.37. The van der Waals surface area contributed by atoms with Crippen molar-refractivity contribution in [1.82, 2.24) is 0 Å². The van der Waals surface area contributed by atoms with Crippen molar-refractivity contribution in [2.24, 2.45) is 11.7 Å². The van der Waals surface area contributed by atoms with Gasteiger partial charge in [0.05, 0.1) is 0 Å². The van der Waals surface area contributed by atoms with Crippen LogP contribution in [0, 0.1) is 11.7 Å². The molecule has 2 unspecified atom stereocenters. The molecule has 0 amide bonds. The maximum absolute atomic E-state index is 12.8. The predicted octanol–water partition coefficient (Wildman–Crippen LogP) is 3.06. The first-order valence-electron chi connectivity index (χ1n) is 5.77. The van der Waals surface area contributed by atoms with Crippen molar-refractivity contribution >= 4 is 0 Å². The number of nitrogens with two attached hydrogens (primary N) is 1. The van der Waals surface area contributed by atoms with E-state index < -0.39 is 0 Å². The maximum Gasteiger partial charge on any atom is 0.123 e. The molecule has 0 saturated heterocycles. The lowest BCUT2D eigenvalue weighted by Gasteiger charge is -2.31. The van der Waals surface area contributed by atoms with E-state index in [-0.39, 0.29) is 5.82 Å². The molecule has 0 bridgehead atoms. The Bertz CT molecular complexity index is 307. The van der Waals surface area contributed by atoms with Gasteiger partial charge in [0.25, 0.3) is 0 Å². The Morgan fingerprint density at radius 3 is 2.47 bits per heavy atom. The summed E-state index contributed by atoms with van der Waals surface area (Å²) in [6, 6.07) is 6.93. The normalized spacial score (nSPS) is 26.5. The molecule has 0 heterocycles. The molecule has 2 rings (SSSR count). The molecular weight excluding hydrogens is 189 g/mol. The van der Waals surface area contributed by atoms with Gasteiger partial charge in [-0.1, -0.05) is 25.0 Å². The van der Waals surface area contributed by atoms with Crippen molar-refractivity contribution in [2.45, 2.75) is 31.6 Å². The van der Waals surface area contributed by atoms with Gasteiger partial charge in [-0.25, -0.2) is 4.39 Å². The zero-order valence-corrected chi connectivity index (χ0v) is 8.95. The molecule has 1 nitrogen and oxygen atoms in total. The number of rotatable bonds is 2. The van der Waals surface area contributed by atoms with Crippen molar-refractivity contribution in [1.29, 1.82) is 0 Å². The van der Waals surface area contributed by atoms with Gasteiger partial charge in [-0.3, -0.25) is 0 Å². The van der Waals surface area contributed by atoms with Crippen LogP contribution in [-0.2, 0) is 0 Å². The molecule has 1 aromatic carbocycles. The van der Waals surface area contributed by atoms with E-state index in [1.165, 1.54) is 31.2 Å². The van der Waals surface area contributed by atoms with Gasteiger partial charge in [0.1, 0.15) is 5.82 Å². The number of benzene rings is 1. The summed E-state index contributed by atoms with van der Waals surface area (Å²) in [4.78, 5) is 0. The Morgan fingerprint density at radius 1 is 1.13 bits per heavy atom. The summed E-state index contributed by atoms with van der Waals surface area (Å²) in [5, 5.41) is 0. The molecule has 15 heavy (non-hydrogen) atoms. The van der Waals surface area contributed by atoms with Gasteiger partial charge < -0.3 is 5.73 Å². The van der Waals surface area contributed by atoms with Crippen LogP contribution in [0.4, 0.5) is 4.39 Å². The largest absolute Gasteiger partial charge is 0.330 e. The molecule has 1 saturated carbocycles. The molecule has 82 valence electrons. The van der Waals surface area contributed by atoms with Crippen molar-refractivity contribution in [3.8, 4) is 0 Å². The monoisotopic (exact) mass is 207 g/mol. The van der Waals surface area contributed by atoms with E-state index in [4.69, 9.17) is 5.73 Å². The second-order valence-corrected chi connectivity index (χ2v) is 4.44. The number of hydrogen-bond acceptors (Lipinski definition) is 1. The second kappa shape index (κ2) is 4.75. The van der Waals surface area contributed by atoms with Crippen LogP contribution in [0.25, 0.3) is 0 Å². The van der Waals surface area contributed by atoms with Gasteiger partial charge in [0.2, 0.25) is 0 Å². The van der Waals surface area contributed by atoms with Crippen molar-refractivity contribution < 1.29 is 4.39 Å². The molecule has 1 aliphatic rings. The minimum Gasteiger partial charge on any atom is -0.330 e. The van der Waals surface area contributed by atoms with Crippen LogP contribution < -0.4 is 5.73 Å². The average Bonchev–Trinajstić information content (AvgIpc) is 2.30. The van der Waals surface area contributed by atoms with Crippen LogP contribution in [0.2, 0.25) is 0 Å². The molecular formula is C13H18FN. The van der Waals surface area contributed by atoms with Crippen molar-refractivity contribution in [2.75, 3.05) is 6.54 Å². The van der Waals surface area contributed by atoms with E-state index in [0.717, 1.165) is 6.54 Å². The first-order valence-corrected chi connectivity index (χ1v) is 5.77. The fourth-order valence-electron chi connectivity index (χ4n) is 2.64. The summed E-state index contributed by atoms with van der Waals surface area (Å²) < 4.78 is 12.8. The fraction of sp³-hybridized carbons (Fsp3) is 0.538. The van der Waals surface area contributed by atoms with Gasteiger partial charge in [0.15, 0.2) is 0 Å². The molecule has 0 radical (unpaired) electrons. The first-order chi connectivity index (χ1) is 7.31. The van der Waals surface area contributed by atoms with E-state index in [1.807, 2.05) is 12.1 Å². The third kappa shape index (κ3) is 2.37. The maximum atomic E-state index is 12.8. The Labute approximate surface area is 90.5 Å². The van der Waals surface area contributed by atoms with Crippen LogP contribution in [0.15, 0.2) is 24.3 Å². The highest BCUT2D eigenvalue weighted by Crippen LogP contribution is 2.37. The molecule has 1 fully saturated rings. The van der Waals surface area contributed by atoms with Crippen LogP contribution >= 0.6 is 0 Å². The lowest BCUT2D eigenvalue weighted by molar-refractivity contribution is 0.314. The van der Waals surface area contributed by atoms with Gasteiger partial charge in [-0.2, -0.15) is 0 Å². The summed E-state index contributed by atoms with van der Waals surface area (Å²) in [7, 11) is 0. The summed E-state index contributed by atoms with van der Waals surface area (Å²) in [6.45, 7) is 0.752. The zero-order chi connectivity index (χ0) is 10.7. The fourth-order valence-corrected chi connectivity index (χ4v) is 2.64. The van der Waals surface area contributed by atoms with Crippen molar-refractivity contribution in [3.63, 3.8) is 0 Å². The van der Waals surface area contributed by atoms with Gasteiger partial charge >= 0.3 is 0 Å². The van der Waals surface area contributed by atoms with E-state index >= 15 is 0 Å². The molecule has 0 aliphatic heterocycles. The van der Waals surface area contributed by atoms with Crippen LogP contribution in [0.5, 0.6) is 0 Å². The standard InChI is InChI=1S/C13H18FN/c14-12-7-5-10(6-8-12)13-4-2-1-3-11(13)9-15/h5-8,11,13H,1-4,9,15H2. The highest BCUT2D eigenvalue weighted by atomic mass is 19.1. The van der Waals surface area contributed by atoms with E-state index in [1.54, 1.807) is 12.1 Å². The van der Waals surface area contributed by atoms with E-state index in [9.17, 15) is 4.39 Å². The van der Waals surface area contributed by atoms with Gasteiger partial charge in [0, 0.05) is 0 Å². The molecule has 1 aromatic rings. The highest BCUT2D eigenvalue weighted by molar-refractivity contribution is 5.21. The topological polar surface area (TPSA) is 26.0 Å². The Morgan fingerprint density at radius 2 is 1.80 bits per heavy atom. The van der Waals surface area contributed by atoms with Crippen molar-refractivity contribution in [3.05, 3.63) is 35.6 Å². The summed E-state index contributed by atoms with van der Waals surface area (Å²) in [5.74, 6) is 0.979. The predicted molar refractivity (Wildman–Crippen MR) is 60.2 cm³/mol. The second-order valence-electron chi connectivity index (χ2n) is 4.44. The number of hydrogen-bond donors (Lipinski definition) is 1. The minimum atomic E-state index is -0.154. The molecule has 1 aliphatic carbocycles. The highest BCUT2D eigenvalue weighted by Gasteiger charge is 2.24. The third-order valence-corrected chi connectivity index (χ3v) is 3.51. The SMILES string of the molecule is NCC1CCCCC1c1ccc(F)cc1. The molecule has 2 heteroatoms. The molecule has 2 atom stereocenters. The lowest BCUT2D eigenvalue weighted by Crippen LogP contribution is -2.25. The summed E-state index contributed by atoms with van der Waals surface area (Å²) >= 11 is 0. The third-order valence-electron chi connectivity index (χ3n) is 3.51. The molecule has 2 N–H and O–H groups in total. The van der Waals surface area contributed by atoms with Crippen LogP contribution in [0.3, 0.4) is 0 Å². The van der Waals surface area contributed by atoms with E-state index in [2.05, 4.69) is 0 Å². The van der Waals surface area contributed by atoms with E-state index in [0.29, 0.717) is 11.8 Å².